The van der Waals surface area contributed by atoms with Crippen LogP contribution in [-0.4, -0.2) is 28.3 Å². The molecule has 1 aliphatic heterocycles. The fourth-order valence-electron chi connectivity index (χ4n) is 2.48. The quantitative estimate of drug-likeness (QED) is 0.729. The largest absolute Gasteiger partial charge is 0.350 e. The second-order valence-corrected chi connectivity index (χ2v) is 4.93. The number of fused-ring (bicyclic) bond motifs is 1. The van der Waals surface area contributed by atoms with Crippen LogP contribution in [0, 0.1) is 6.92 Å². The molecule has 0 aliphatic carbocycles. The average molecular weight is 254 g/mol. The minimum Gasteiger partial charge on any atom is -0.350 e. The number of aromatic nitrogens is 1. The number of likely N-dealkylation sites (N-methyl/N-ethyl adjacent to an activating group) is 1. The van der Waals surface area contributed by atoms with Crippen molar-refractivity contribution in [3.05, 3.63) is 41.6 Å². The van der Waals surface area contributed by atoms with Crippen molar-refractivity contribution in [3.63, 3.8) is 0 Å². The summed E-state index contributed by atoms with van der Waals surface area (Å²) in [5.74, 6) is -0.497. The lowest BCUT2D eigenvalue weighted by Gasteiger charge is -2.06. The first-order valence-corrected chi connectivity index (χ1v) is 6.09. The third-order valence-corrected chi connectivity index (χ3v) is 3.57. The third-order valence-electron chi connectivity index (χ3n) is 3.57. The normalized spacial score (nSPS) is 15.5. The van der Waals surface area contributed by atoms with E-state index >= 15 is 0 Å². The van der Waals surface area contributed by atoms with Gasteiger partial charge in [-0.1, -0.05) is 11.6 Å². The lowest BCUT2D eigenvalue weighted by Crippen LogP contribution is -2.25. The van der Waals surface area contributed by atoms with E-state index in [0.29, 0.717) is 5.57 Å². The molecule has 0 fully saturated rings. The summed E-state index contributed by atoms with van der Waals surface area (Å²) in [5, 5.41) is 1.00. The summed E-state index contributed by atoms with van der Waals surface area (Å²) in [4.78, 5) is 24.8. The molecule has 2 aromatic rings. The van der Waals surface area contributed by atoms with Crippen LogP contribution in [0.4, 0.5) is 0 Å². The lowest BCUT2D eigenvalue weighted by atomic mass is 10.0. The summed E-state index contributed by atoms with van der Waals surface area (Å²) in [7, 11) is 3.44. The van der Waals surface area contributed by atoms with Crippen LogP contribution < -0.4 is 0 Å². The van der Waals surface area contributed by atoms with Gasteiger partial charge in [-0.2, -0.15) is 0 Å². The number of amides is 2. The number of carbonyl (C=O) groups is 2. The molecular formula is C15H14N2O2. The molecule has 0 spiro atoms. The Morgan fingerprint density at radius 1 is 1.11 bits per heavy atom. The Morgan fingerprint density at radius 2 is 1.84 bits per heavy atom. The maximum Gasteiger partial charge on any atom is 0.261 e. The Bertz CT molecular complexity index is 753. The Kier molecular flexibility index (Phi) is 2.35. The van der Waals surface area contributed by atoms with E-state index in [2.05, 4.69) is 0 Å². The van der Waals surface area contributed by atoms with Crippen LogP contribution in [0.25, 0.3) is 16.5 Å². The minimum atomic E-state index is -0.260. The van der Waals surface area contributed by atoms with Crippen LogP contribution in [0.5, 0.6) is 0 Å². The molecule has 0 N–H and O–H groups in total. The Labute approximate surface area is 110 Å². The van der Waals surface area contributed by atoms with E-state index in [9.17, 15) is 9.59 Å². The molecule has 0 saturated carbocycles. The summed E-state index contributed by atoms with van der Waals surface area (Å²) in [6.07, 6.45) is 3.32. The van der Waals surface area contributed by atoms with Gasteiger partial charge in [0.05, 0.1) is 5.57 Å². The molecule has 2 heterocycles. The number of aryl methyl sites for hydroxylation is 2. The monoisotopic (exact) mass is 254 g/mol. The molecule has 96 valence electrons. The van der Waals surface area contributed by atoms with E-state index < -0.39 is 0 Å². The fraction of sp³-hybridized carbons (Fsp3) is 0.200. The molecule has 0 saturated heterocycles. The van der Waals surface area contributed by atoms with Gasteiger partial charge in [0, 0.05) is 42.8 Å². The SMILES string of the molecule is Cc1ccc2c(c1)c(C1=CC(=O)N(C)C1=O)cn2C. The van der Waals surface area contributed by atoms with E-state index in [0.717, 1.165) is 26.9 Å². The number of rotatable bonds is 1. The summed E-state index contributed by atoms with van der Waals surface area (Å²) in [6, 6.07) is 6.11. The topological polar surface area (TPSA) is 42.3 Å². The zero-order valence-corrected chi connectivity index (χ0v) is 11.1. The highest BCUT2D eigenvalue weighted by Gasteiger charge is 2.30. The van der Waals surface area contributed by atoms with Crippen molar-refractivity contribution < 1.29 is 9.59 Å². The minimum absolute atomic E-state index is 0.237. The molecule has 4 nitrogen and oxygen atoms in total. The van der Waals surface area contributed by atoms with Crippen LogP contribution >= 0.6 is 0 Å². The van der Waals surface area contributed by atoms with Crippen LogP contribution in [0.1, 0.15) is 11.1 Å². The number of carbonyl (C=O) groups excluding carboxylic acids is 2. The van der Waals surface area contributed by atoms with Crippen molar-refractivity contribution in [2.45, 2.75) is 6.92 Å². The molecular weight excluding hydrogens is 240 g/mol. The molecule has 0 bridgehead atoms. The predicted molar refractivity (Wildman–Crippen MR) is 73.4 cm³/mol. The van der Waals surface area contributed by atoms with Crippen molar-refractivity contribution in [3.8, 4) is 0 Å². The first-order chi connectivity index (χ1) is 8.99. The Balaban J connectivity index is 2.27. The average Bonchev–Trinajstić information content (AvgIpc) is 2.82. The number of hydrogen-bond donors (Lipinski definition) is 0. The highest BCUT2D eigenvalue weighted by atomic mass is 16.2. The van der Waals surface area contributed by atoms with Gasteiger partial charge in [-0.25, -0.2) is 0 Å². The second kappa shape index (κ2) is 3.82. The molecule has 2 amide bonds. The summed E-state index contributed by atoms with van der Waals surface area (Å²) in [5.41, 5.74) is 3.48. The van der Waals surface area contributed by atoms with Gasteiger partial charge in [-0.15, -0.1) is 0 Å². The maximum atomic E-state index is 12.1. The van der Waals surface area contributed by atoms with Crippen molar-refractivity contribution in [1.82, 2.24) is 9.47 Å². The molecule has 1 aliphatic rings. The van der Waals surface area contributed by atoms with Crippen molar-refractivity contribution >= 4 is 28.3 Å². The lowest BCUT2D eigenvalue weighted by molar-refractivity contribution is -0.134. The van der Waals surface area contributed by atoms with Gasteiger partial charge >= 0.3 is 0 Å². The Hall–Kier alpha value is -2.36. The van der Waals surface area contributed by atoms with Crippen molar-refractivity contribution in [1.29, 1.82) is 0 Å². The molecule has 1 aromatic carbocycles. The number of nitrogens with zero attached hydrogens (tertiary/aromatic N) is 2. The molecule has 19 heavy (non-hydrogen) atoms. The predicted octanol–water partition coefficient (Wildman–Crippen LogP) is 1.87. The van der Waals surface area contributed by atoms with Gasteiger partial charge in [-0.3, -0.25) is 14.5 Å². The fourth-order valence-corrected chi connectivity index (χ4v) is 2.48. The van der Waals surface area contributed by atoms with Crippen LogP contribution in [-0.2, 0) is 16.6 Å². The first kappa shape index (κ1) is 11.7. The van der Waals surface area contributed by atoms with Crippen molar-refractivity contribution in [2.24, 2.45) is 7.05 Å². The number of benzene rings is 1. The third kappa shape index (κ3) is 1.60. The van der Waals surface area contributed by atoms with Gasteiger partial charge in [0.2, 0.25) is 0 Å². The van der Waals surface area contributed by atoms with E-state index in [1.165, 1.54) is 13.1 Å². The molecule has 0 unspecified atom stereocenters. The highest BCUT2D eigenvalue weighted by molar-refractivity contribution is 6.34. The van der Waals surface area contributed by atoms with Gasteiger partial charge < -0.3 is 4.57 Å². The van der Waals surface area contributed by atoms with Crippen LogP contribution in [0.3, 0.4) is 0 Å². The first-order valence-electron chi connectivity index (χ1n) is 6.09. The number of hydrogen-bond acceptors (Lipinski definition) is 2. The van der Waals surface area contributed by atoms with E-state index in [1.807, 2.05) is 42.9 Å². The van der Waals surface area contributed by atoms with Crippen LogP contribution in [0.15, 0.2) is 30.5 Å². The van der Waals surface area contributed by atoms with Crippen molar-refractivity contribution in [2.75, 3.05) is 7.05 Å². The summed E-state index contributed by atoms with van der Waals surface area (Å²) >= 11 is 0. The molecule has 0 radical (unpaired) electrons. The number of imide groups is 1. The van der Waals surface area contributed by atoms with Crippen LogP contribution in [0.2, 0.25) is 0 Å². The van der Waals surface area contributed by atoms with Gasteiger partial charge in [0.25, 0.3) is 11.8 Å². The van der Waals surface area contributed by atoms with E-state index in [1.54, 1.807) is 0 Å². The smallest absolute Gasteiger partial charge is 0.261 e. The maximum absolute atomic E-state index is 12.1. The van der Waals surface area contributed by atoms with Gasteiger partial charge in [0.1, 0.15) is 0 Å². The highest BCUT2D eigenvalue weighted by Crippen LogP contribution is 2.31. The zero-order chi connectivity index (χ0) is 13.7. The molecule has 1 aromatic heterocycles. The zero-order valence-electron chi connectivity index (χ0n) is 11.1. The van der Waals surface area contributed by atoms with Gasteiger partial charge in [-0.05, 0) is 19.1 Å². The summed E-state index contributed by atoms with van der Waals surface area (Å²) < 4.78 is 1.97. The molecule has 4 heteroatoms. The van der Waals surface area contributed by atoms with E-state index in [-0.39, 0.29) is 11.8 Å². The Morgan fingerprint density at radius 3 is 2.47 bits per heavy atom. The summed E-state index contributed by atoms with van der Waals surface area (Å²) in [6.45, 7) is 2.01. The molecule has 0 atom stereocenters. The van der Waals surface area contributed by atoms with Gasteiger partial charge in [0.15, 0.2) is 0 Å². The second-order valence-electron chi connectivity index (χ2n) is 4.93. The van der Waals surface area contributed by atoms with E-state index in [4.69, 9.17) is 0 Å². The molecule has 3 rings (SSSR count). The standard InChI is InChI=1S/C15H14N2O2/c1-9-4-5-13-10(6-9)12(8-16(13)2)11-7-14(18)17(3)15(11)19/h4-8H,1-3H3.